The van der Waals surface area contributed by atoms with Crippen LogP contribution in [0.15, 0.2) is 28.7 Å². The lowest BCUT2D eigenvalue weighted by atomic mass is 9.96. The Morgan fingerprint density at radius 3 is 2.60 bits per heavy atom. The minimum atomic E-state index is -0.116. The Labute approximate surface area is 157 Å². The van der Waals surface area contributed by atoms with E-state index in [9.17, 15) is 9.59 Å². The summed E-state index contributed by atoms with van der Waals surface area (Å²) in [5.41, 5.74) is 1.07. The second-order valence-electron chi connectivity index (χ2n) is 7.05. The number of rotatable bonds is 3. The van der Waals surface area contributed by atoms with Crippen molar-refractivity contribution in [3.8, 4) is 0 Å². The Morgan fingerprint density at radius 2 is 1.88 bits per heavy atom. The van der Waals surface area contributed by atoms with Crippen molar-refractivity contribution in [2.24, 2.45) is 5.92 Å². The molecule has 2 atom stereocenters. The van der Waals surface area contributed by atoms with Gasteiger partial charge in [0.25, 0.3) is 0 Å². The average Bonchev–Trinajstić information content (AvgIpc) is 3.15. The van der Waals surface area contributed by atoms with Crippen molar-refractivity contribution in [3.05, 3.63) is 34.3 Å². The Kier molecular flexibility index (Phi) is 5.99. The number of hydrogen-bond donors (Lipinski definition) is 1. The van der Waals surface area contributed by atoms with Gasteiger partial charge in [0.05, 0.1) is 12.0 Å². The Bertz CT molecular complexity index is 631. The third kappa shape index (κ3) is 4.54. The Morgan fingerprint density at radius 1 is 1.16 bits per heavy atom. The van der Waals surface area contributed by atoms with Crippen LogP contribution in [0.1, 0.15) is 44.2 Å². The summed E-state index contributed by atoms with van der Waals surface area (Å²) in [4.78, 5) is 29.0. The molecule has 0 radical (unpaired) electrons. The van der Waals surface area contributed by atoms with Crippen molar-refractivity contribution in [1.82, 2.24) is 15.1 Å². The summed E-state index contributed by atoms with van der Waals surface area (Å²) >= 11 is 3.47. The molecule has 1 N–H and O–H groups in total. The Hall–Kier alpha value is -1.56. The lowest BCUT2D eigenvalue weighted by Gasteiger charge is -2.35. The monoisotopic (exact) mass is 407 g/mol. The molecule has 0 spiro atoms. The zero-order valence-corrected chi connectivity index (χ0v) is 16.3. The first-order chi connectivity index (χ1) is 12.0. The van der Waals surface area contributed by atoms with Gasteiger partial charge in [0.2, 0.25) is 5.91 Å². The van der Waals surface area contributed by atoms with Gasteiger partial charge >= 0.3 is 6.03 Å². The summed E-state index contributed by atoms with van der Waals surface area (Å²) in [5, 5.41) is 3.11. The van der Waals surface area contributed by atoms with Crippen LogP contribution < -0.4 is 5.32 Å². The molecule has 0 aliphatic carbocycles. The lowest BCUT2D eigenvalue weighted by molar-refractivity contribution is -0.127. The summed E-state index contributed by atoms with van der Waals surface area (Å²) < 4.78 is 1.01. The number of carbonyl (C=O) groups excluding carboxylic acids is 2. The number of nitrogens with one attached hydrogen (secondary N) is 1. The van der Waals surface area contributed by atoms with E-state index in [0.717, 1.165) is 55.4 Å². The molecule has 25 heavy (non-hydrogen) atoms. The van der Waals surface area contributed by atoms with Gasteiger partial charge in [-0.15, -0.1) is 0 Å². The molecule has 3 rings (SSSR count). The number of carbonyl (C=O) groups is 2. The van der Waals surface area contributed by atoms with Crippen LogP contribution in [0.25, 0.3) is 0 Å². The predicted molar refractivity (Wildman–Crippen MR) is 101 cm³/mol. The topological polar surface area (TPSA) is 52.7 Å². The van der Waals surface area contributed by atoms with Crippen LogP contribution in [-0.2, 0) is 4.79 Å². The van der Waals surface area contributed by atoms with Gasteiger partial charge in [-0.25, -0.2) is 4.79 Å². The number of amides is 3. The first kappa shape index (κ1) is 18.2. The molecule has 1 aromatic rings. The zero-order chi connectivity index (χ0) is 17.8. The van der Waals surface area contributed by atoms with E-state index in [4.69, 9.17) is 0 Å². The average molecular weight is 408 g/mol. The molecule has 2 aliphatic rings. The molecule has 2 aliphatic heterocycles. The number of likely N-dealkylation sites (tertiary alicyclic amines) is 2. The van der Waals surface area contributed by atoms with Crippen molar-refractivity contribution >= 4 is 27.9 Å². The van der Waals surface area contributed by atoms with Crippen LogP contribution in [0, 0.1) is 5.92 Å². The fraction of sp³-hybridized carbons (Fsp3) is 0.579. The number of urea groups is 1. The van der Waals surface area contributed by atoms with Gasteiger partial charge in [-0.1, -0.05) is 28.1 Å². The molecule has 0 unspecified atom stereocenters. The molecule has 1 aromatic carbocycles. The molecule has 2 fully saturated rings. The summed E-state index contributed by atoms with van der Waals surface area (Å²) in [6.45, 7) is 5.00. The van der Waals surface area contributed by atoms with E-state index < -0.39 is 0 Å². The molecule has 0 bridgehead atoms. The molecule has 0 aromatic heterocycles. The molecule has 6 heteroatoms. The van der Waals surface area contributed by atoms with Crippen LogP contribution in [0.3, 0.4) is 0 Å². The number of benzene rings is 1. The van der Waals surface area contributed by atoms with Gasteiger partial charge in [0.15, 0.2) is 0 Å². The van der Waals surface area contributed by atoms with E-state index in [2.05, 4.69) is 21.2 Å². The number of piperidine rings is 1. The number of halogens is 1. The maximum absolute atomic E-state index is 12.7. The second-order valence-corrected chi connectivity index (χ2v) is 7.96. The molecule has 0 saturated carbocycles. The van der Waals surface area contributed by atoms with Crippen molar-refractivity contribution in [2.75, 3.05) is 26.2 Å². The SMILES string of the molecule is C[C@H](NC(=O)[C@@H]1CCCN(C(=O)N2CCCC2)C1)c1cccc(Br)c1. The van der Waals surface area contributed by atoms with Crippen LogP contribution in [0.2, 0.25) is 0 Å². The zero-order valence-electron chi connectivity index (χ0n) is 14.7. The minimum Gasteiger partial charge on any atom is -0.349 e. The van der Waals surface area contributed by atoms with E-state index in [1.807, 2.05) is 41.0 Å². The third-order valence-electron chi connectivity index (χ3n) is 5.15. The molecule has 136 valence electrons. The van der Waals surface area contributed by atoms with Crippen molar-refractivity contribution in [3.63, 3.8) is 0 Å². The second kappa shape index (κ2) is 8.21. The minimum absolute atomic E-state index is 0.0466. The molecule has 3 amide bonds. The highest BCUT2D eigenvalue weighted by atomic mass is 79.9. The first-order valence-corrected chi connectivity index (χ1v) is 9.93. The fourth-order valence-corrected chi connectivity index (χ4v) is 4.08. The quantitative estimate of drug-likeness (QED) is 0.832. The van der Waals surface area contributed by atoms with Crippen LogP contribution in [0.4, 0.5) is 4.79 Å². The van der Waals surface area contributed by atoms with Crippen molar-refractivity contribution in [2.45, 2.75) is 38.6 Å². The maximum atomic E-state index is 12.7. The van der Waals surface area contributed by atoms with Crippen molar-refractivity contribution in [1.29, 1.82) is 0 Å². The van der Waals surface area contributed by atoms with Gasteiger partial charge in [0.1, 0.15) is 0 Å². The largest absolute Gasteiger partial charge is 0.349 e. The van der Waals surface area contributed by atoms with E-state index >= 15 is 0 Å². The molecule has 2 saturated heterocycles. The van der Waals surface area contributed by atoms with Crippen LogP contribution in [0.5, 0.6) is 0 Å². The van der Waals surface area contributed by atoms with E-state index in [1.165, 1.54) is 0 Å². The highest BCUT2D eigenvalue weighted by molar-refractivity contribution is 9.10. The summed E-state index contributed by atoms with van der Waals surface area (Å²) in [5.74, 6) is -0.0682. The normalized spacial score (nSPS) is 21.9. The maximum Gasteiger partial charge on any atom is 0.320 e. The molecular weight excluding hydrogens is 382 g/mol. The smallest absolute Gasteiger partial charge is 0.320 e. The molecule has 5 nitrogen and oxygen atoms in total. The van der Waals surface area contributed by atoms with E-state index in [0.29, 0.717) is 6.54 Å². The summed E-state index contributed by atoms with van der Waals surface area (Å²) in [7, 11) is 0. The van der Waals surface area contributed by atoms with E-state index in [1.54, 1.807) is 0 Å². The lowest BCUT2D eigenvalue weighted by Crippen LogP contribution is -2.49. The molecular formula is C19H26BrN3O2. The van der Waals surface area contributed by atoms with Gasteiger partial charge in [-0.2, -0.15) is 0 Å². The first-order valence-electron chi connectivity index (χ1n) is 9.14. The van der Waals surface area contributed by atoms with Crippen LogP contribution >= 0.6 is 15.9 Å². The third-order valence-corrected chi connectivity index (χ3v) is 5.64. The Balaban J connectivity index is 1.57. The highest BCUT2D eigenvalue weighted by Crippen LogP contribution is 2.22. The van der Waals surface area contributed by atoms with Gasteiger partial charge < -0.3 is 15.1 Å². The van der Waals surface area contributed by atoms with E-state index in [-0.39, 0.29) is 23.9 Å². The van der Waals surface area contributed by atoms with Crippen LogP contribution in [-0.4, -0.2) is 47.9 Å². The van der Waals surface area contributed by atoms with Crippen molar-refractivity contribution < 1.29 is 9.59 Å². The number of hydrogen-bond acceptors (Lipinski definition) is 2. The summed E-state index contributed by atoms with van der Waals surface area (Å²) in [6.07, 6.45) is 3.92. The van der Waals surface area contributed by atoms with Gasteiger partial charge in [0, 0.05) is 30.7 Å². The number of nitrogens with zero attached hydrogens (tertiary/aromatic N) is 2. The standard InChI is InChI=1S/C19H26BrN3O2/c1-14(15-6-4-8-17(20)12-15)21-18(24)16-7-5-11-23(13-16)19(25)22-9-2-3-10-22/h4,6,8,12,14,16H,2-3,5,7,9-11,13H2,1H3,(H,21,24)/t14-,16+/m0/s1. The fourth-order valence-electron chi connectivity index (χ4n) is 3.66. The van der Waals surface area contributed by atoms with Gasteiger partial charge in [-0.3, -0.25) is 4.79 Å². The van der Waals surface area contributed by atoms with Gasteiger partial charge in [-0.05, 0) is 50.3 Å². The predicted octanol–water partition coefficient (Wildman–Crippen LogP) is 3.55. The highest BCUT2D eigenvalue weighted by Gasteiger charge is 2.31. The molecule has 2 heterocycles. The summed E-state index contributed by atoms with van der Waals surface area (Å²) in [6, 6.07) is 8.04.